The van der Waals surface area contributed by atoms with Gasteiger partial charge in [0.25, 0.3) is 0 Å². The highest BCUT2D eigenvalue weighted by Gasteiger charge is 2.24. The monoisotopic (exact) mass is 317 g/mol. The van der Waals surface area contributed by atoms with Gasteiger partial charge in [-0.15, -0.1) is 0 Å². The van der Waals surface area contributed by atoms with Gasteiger partial charge in [-0.2, -0.15) is 0 Å². The van der Waals surface area contributed by atoms with Crippen LogP contribution in [0.15, 0.2) is 22.7 Å². The number of amides is 1. The van der Waals surface area contributed by atoms with Gasteiger partial charge in [0.2, 0.25) is 5.91 Å². The predicted octanol–water partition coefficient (Wildman–Crippen LogP) is 2.27. The lowest BCUT2D eigenvalue weighted by atomic mass is 10.1. The van der Waals surface area contributed by atoms with Gasteiger partial charge >= 0.3 is 5.97 Å². The van der Waals surface area contributed by atoms with Gasteiger partial charge in [-0.05, 0) is 25.1 Å². The van der Waals surface area contributed by atoms with Crippen LogP contribution in [0.4, 0.5) is 4.39 Å². The number of benzene rings is 1. The molecule has 0 saturated heterocycles. The Kier molecular flexibility index (Phi) is 4.84. The third-order valence-electron chi connectivity index (χ3n) is 2.53. The first-order chi connectivity index (χ1) is 8.32. The van der Waals surface area contributed by atoms with Crippen molar-refractivity contribution in [3.8, 4) is 0 Å². The third-order valence-corrected chi connectivity index (χ3v) is 3.03. The molecule has 1 amide bonds. The molecule has 1 atom stereocenters. The number of aliphatic carboxylic acids is 1. The van der Waals surface area contributed by atoms with E-state index in [-0.39, 0.29) is 6.54 Å². The molecule has 1 unspecified atom stereocenters. The molecule has 0 heterocycles. The van der Waals surface area contributed by atoms with E-state index in [2.05, 4.69) is 15.9 Å². The van der Waals surface area contributed by atoms with Gasteiger partial charge in [0.15, 0.2) is 0 Å². The van der Waals surface area contributed by atoms with E-state index in [1.54, 1.807) is 12.1 Å². The van der Waals surface area contributed by atoms with Crippen molar-refractivity contribution in [1.82, 2.24) is 4.90 Å². The Bertz CT molecular complexity index is 478. The number of carboxylic acid groups (broad SMARTS) is 1. The lowest BCUT2D eigenvalue weighted by molar-refractivity contribution is -0.149. The SMILES string of the molecule is CC(C(=O)O)C(=O)N(C)Cc1cc(Br)ccc1F. The van der Waals surface area contributed by atoms with Crippen LogP contribution in [0.25, 0.3) is 0 Å². The Balaban J connectivity index is 2.81. The summed E-state index contributed by atoms with van der Waals surface area (Å²) in [4.78, 5) is 23.6. The molecule has 0 bridgehead atoms. The van der Waals surface area contributed by atoms with E-state index in [0.29, 0.717) is 10.0 Å². The number of hydrogen-bond acceptors (Lipinski definition) is 2. The van der Waals surface area contributed by atoms with Gasteiger partial charge in [0.05, 0.1) is 0 Å². The first-order valence-corrected chi connectivity index (χ1v) is 6.04. The summed E-state index contributed by atoms with van der Waals surface area (Å²) in [6.45, 7) is 1.33. The minimum Gasteiger partial charge on any atom is -0.481 e. The number of carbonyl (C=O) groups excluding carboxylic acids is 1. The molecule has 1 rings (SSSR count). The van der Waals surface area contributed by atoms with Crippen LogP contribution >= 0.6 is 15.9 Å². The normalized spacial score (nSPS) is 12.0. The van der Waals surface area contributed by atoms with E-state index in [0.717, 1.165) is 0 Å². The number of hydrogen-bond donors (Lipinski definition) is 1. The Morgan fingerprint density at radius 2 is 2.11 bits per heavy atom. The van der Waals surface area contributed by atoms with E-state index in [4.69, 9.17) is 5.11 Å². The van der Waals surface area contributed by atoms with Gasteiger partial charge in [-0.3, -0.25) is 9.59 Å². The third kappa shape index (κ3) is 3.53. The standard InChI is InChI=1S/C12H13BrFNO3/c1-7(12(17)18)11(16)15(2)6-8-5-9(13)3-4-10(8)14/h3-5,7H,6H2,1-2H3,(H,17,18). The summed E-state index contributed by atoms with van der Waals surface area (Å²) in [5.41, 5.74) is 0.331. The lowest BCUT2D eigenvalue weighted by Gasteiger charge is -2.19. The van der Waals surface area contributed by atoms with Gasteiger partial charge in [-0.1, -0.05) is 15.9 Å². The highest BCUT2D eigenvalue weighted by atomic mass is 79.9. The lowest BCUT2D eigenvalue weighted by Crippen LogP contribution is -2.35. The van der Waals surface area contributed by atoms with Crippen molar-refractivity contribution in [2.45, 2.75) is 13.5 Å². The van der Waals surface area contributed by atoms with Gasteiger partial charge < -0.3 is 10.0 Å². The summed E-state index contributed by atoms with van der Waals surface area (Å²) in [6, 6.07) is 4.41. The zero-order valence-corrected chi connectivity index (χ0v) is 11.6. The highest BCUT2D eigenvalue weighted by molar-refractivity contribution is 9.10. The van der Waals surface area contributed by atoms with E-state index in [1.807, 2.05) is 0 Å². The van der Waals surface area contributed by atoms with Crippen molar-refractivity contribution in [2.75, 3.05) is 7.05 Å². The average Bonchev–Trinajstić information content (AvgIpc) is 2.31. The first kappa shape index (κ1) is 14.6. The molecule has 0 fully saturated rings. The van der Waals surface area contributed by atoms with Crippen LogP contribution in [-0.4, -0.2) is 28.9 Å². The smallest absolute Gasteiger partial charge is 0.315 e. The summed E-state index contributed by atoms with van der Waals surface area (Å²) in [7, 11) is 1.45. The fraction of sp³-hybridized carbons (Fsp3) is 0.333. The molecule has 1 N–H and O–H groups in total. The van der Waals surface area contributed by atoms with Crippen LogP contribution in [0.5, 0.6) is 0 Å². The molecule has 0 spiro atoms. The zero-order chi connectivity index (χ0) is 13.9. The van der Waals surface area contributed by atoms with Crippen LogP contribution in [-0.2, 0) is 16.1 Å². The quantitative estimate of drug-likeness (QED) is 0.867. The number of halogens is 2. The van der Waals surface area contributed by atoms with Crippen molar-refractivity contribution < 1.29 is 19.1 Å². The van der Waals surface area contributed by atoms with E-state index in [9.17, 15) is 14.0 Å². The largest absolute Gasteiger partial charge is 0.481 e. The summed E-state index contributed by atoms with van der Waals surface area (Å²) in [6.07, 6.45) is 0. The summed E-state index contributed by atoms with van der Waals surface area (Å²) in [5.74, 6) is -3.31. The number of nitrogens with zero attached hydrogens (tertiary/aromatic N) is 1. The second-order valence-electron chi connectivity index (χ2n) is 3.99. The Morgan fingerprint density at radius 3 is 2.67 bits per heavy atom. The van der Waals surface area contributed by atoms with E-state index >= 15 is 0 Å². The molecular formula is C12H13BrFNO3. The maximum absolute atomic E-state index is 13.5. The van der Waals surface area contributed by atoms with Crippen molar-refractivity contribution in [3.63, 3.8) is 0 Å². The molecule has 4 nitrogen and oxygen atoms in total. The van der Waals surface area contributed by atoms with E-state index < -0.39 is 23.6 Å². The highest BCUT2D eigenvalue weighted by Crippen LogP contribution is 2.17. The minimum atomic E-state index is -1.19. The van der Waals surface area contributed by atoms with Crippen LogP contribution in [0.2, 0.25) is 0 Å². The molecule has 1 aromatic carbocycles. The Hall–Kier alpha value is -1.43. The fourth-order valence-corrected chi connectivity index (χ4v) is 1.84. The first-order valence-electron chi connectivity index (χ1n) is 5.24. The predicted molar refractivity (Wildman–Crippen MR) is 67.4 cm³/mol. The Morgan fingerprint density at radius 1 is 1.50 bits per heavy atom. The van der Waals surface area contributed by atoms with Crippen molar-refractivity contribution in [1.29, 1.82) is 0 Å². The summed E-state index contributed by atoms with van der Waals surface area (Å²) < 4.78 is 14.2. The Labute approximate surface area is 113 Å². The van der Waals surface area contributed by atoms with Crippen LogP contribution in [0.1, 0.15) is 12.5 Å². The minimum absolute atomic E-state index is 0.0295. The molecule has 18 heavy (non-hydrogen) atoms. The molecular weight excluding hydrogens is 305 g/mol. The molecule has 1 aromatic rings. The van der Waals surface area contributed by atoms with Crippen molar-refractivity contribution in [2.24, 2.45) is 5.92 Å². The number of carbonyl (C=O) groups is 2. The molecule has 0 aliphatic heterocycles. The van der Waals surface area contributed by atoms with Crippen LogP contribution in [0, 0.1) is 11.7 Å². The van der Waals surface area contributed by atoms with Gasteiger partial charge in [0.1, 0.15) is 11.7 Å². The zero-order valence-electron chi connectivity index (χ0n) is 9.98. The fourth-order valence-electron chi connectivity index (χ4n) is 1.43. The maximum atomic E-state index is 13.5. The maximum Gasteiger partial charge on any atom is 0.315 e. The summed E-state index contributed by atoms with van der Waals surface area (Å²) in [5, 5.41) is 8.74. The second-order valence-corrected chi connectivity index (χ2v) is 4.91. The van der Waals surface area contributed by atoms with Crippen molar-refractivity contribution >= 4 is 27.8 Å². The van der Waals surface area contributed by atoms with Crippen molar-refractivity contribution in [3.05, 3.63) is 34.1 Å². The molecule has 98 valence electrons. The summed E-state index contributed by atoms with van der Waals surface area (Å²) >= 11 is 3.21. The van der Waals surface area contributed by atoms with Crippen LogP contribution in [0.3, 0.4) is 0 Å². The molecule has 0 radical (unpaired) electrons. The van der Waals surface area contributed by atoms with E-state index in [1.165, 1.54) is 24.9 Å². The second kappa shape index (κ2) is 5.95. The van der Waals surface area contributed by atoms with Crippen LogP contribution < -0.4 is 0 Å². The molecule has 0 saturated carbocycles. The van der Waals surface area contributed by atoms with Gasteiger partial charge in [0, 0.05) is 23.6 Å². The van der Waals surface area contributed by atoms with Gasteiger partial charge in [-0.25, -0.2) is 4.39 Å². The topological polar surface area (TPSA) is 57.6 Å². The molecule has 0 aliphatic rings. The molecule has 0 aliphatic carbocycles. The molecule has 0 aromatic heterocycles. The number of rotatable bonds is 4. The molecule has 6 heteroatoms. The average molecular weight is 318 g/mol. The number of carboxylic acids is 1.